The minimum Gasteiger partial charge on any atom is -0.256 e. The Morgan fingerprint density at radius 2 is 1.69 bits per heavy atom. The molecule has 1 aromatic heterocycles. The number of aromatic nitrogens is 1. The second kappa shape index (κ2) is 4.38. The zero-order valence-electron chi connectivity index (χ0n) is 9.71. The molecule has 2 rings (SSSR count). The second-order valence-electron chi connectivity index (χ2n) is 4.12. The molecule has 0 bridgehead atoms. The third-order valence-electron chi connectivity index (χ3n) is 2.84. The van der Waals surface area contributed by atoms with Crippen LogP contribution in [0.5, 0.6) is 0 Å². The van der Waals surface area contributed by atoms with Gasteiger partial charge in [0.2, 0.25) is 0 Å². The molecule has 0 atom stereocenters. The van der Waals surface area contributed by atoms with Crippen molar-refractivity contribution in [2.75, 3.05) is 0 Å². The predicted octanol–water partition coefficient (Wildman–Crippen LogP) is 4.44. The van der Waals surface area contributed by atoms with E-state index >= 15 is 0 Å². The van der Waals surface area contributed by atoms with Crippen LogP contribution in [0.2, 0.25) is 0 Å². The van der Waals surface area contributed by atoms with Crippen LogP contribution < -0.4 is 0 Å². The SMILES string of the molecule is Cc1cnc(-c2ccc(C)c(Br)c2)cc1C. The van der Waals surface area contributed by atoms with E-state index in [2.05, 4.69) is 66.0 Å². The van der Waals surface area contributed by atoms with Crippen molar-refractivity contribution in [2.45, 2.75) is 20.8 Å². The van der Waals surface area contributed by atoms with Gasteiger partial charge in [-0.15, -0.1) is 0 Å². The quantitative estimate of drug-likeness (QED) is 0.750. The number of halogens is 1. The second-order valence-corrected chi connectivity index (χ2v) is 4.97. The lowest BCUT2D eigenvalue weighted by Crippen LogP contribution is -1.88. The molecule has 1 nitrogen and oxygen atoms in total. The van der Waals surface area contributed by atoms with Gasteiger partial charge in [0, 0.05) is 16.2 Å². The first-order valence-electron chi connectivity index (χ1n) is 5.27. The minimum absolute atomic E-state index is 1.03. The van der Waals surface area contributed by atoms with E-state index in [0.717, 1.165) is 15.7 Å². The highest BCUT2D eigenvalue weighted by atomic mass is 79.9. The lowest BCUT2D eigenvalue weighted by atomic mass is 10.1. The molecular weight excluding hydrogens is 262 g/mol. The first-order valence-corrected chi connectivity index (χ1v) is 6.07. The monoisotopic (exact) mass is 275 g/mol. The molecule has 0 radical (unpaired) electrons. The third-order valence-corrected chi connectivity index (χ3v) is 3.69. The zero-order valence-corrected chi connectivity index (χ0v) is 11.3. The molecule has 0 aliphatic rings. The maximum atomic E-state index is 4.46. The fraction of sp³-hybridized carbons (Fsp3) is 0.214. The smallest absolute Gasteiger partial charge is 0.0705 e. The van der Waals surface area contributed by atoms with Crippen LogP contribution in [0.25, 0.3) is 11.3 Å². The van der Waals surface area contributed by atoms with E-state index in [1.54, 1.807) is 0 Å². The lowest BCUT2D eigenvalue weighted by molar-refractivity contribution is 1.22. The summed E-state index contributed by atoms with van der Waals surface area (Å²) < 4.78 is 1.13. The van der Waals surface area contributed by atoms with E-state index in [0.29, 0.717) is 0 Å². The van der Waals surface area contributed by atoms with Crippen LogP contribution in [0.15, 0.2) is 34.9 Å². The van der Waals surface area contributed by atoms with Gasteiger partial charge in [0.05, 0.1) is 5.69 Å². The van der Waals surface area contributed by atoms with Gasteiger partial charge in [-0.2, -0.15) is 0 Å². The molecule has 82 valence electrons. The Morgan fingerprint density at radius 3 is 2.31 bits per heavy atom. The number of benzene rings is 1. The number of nitrogens with zero attached hydrogens (tertiary/aromatic N) is 1. The number of rotatable bonds is 1. The normalized spacial score (nSPS) is 10.5. The van der Waals surface area contributed by atoms with Gasteiger partial charge in [-0.3, -0.25) is 4.98 Å². The van der Waals surface area contributed by atoms with Crippen molar-refractivity contribution in [3.8, 4) is 11.3 Å². The van der Waals surface area contributed by atoms with Gasteiger partial charge in [0.15, 0.2) is 0 Å². The Balaban J connectivity index is 2.50. The molecule has 0 spiro atoms. The van der Waals surface area contributed by atoms with Crippen molar-refractivity contribution in [1.29, 1.82) is 0 Å². The molecule has 2 aromatic rings. The fourth-order valence-corrected chi connectivity index (χ4v) is 1.91. The van der Waals surface area contributed by atoms with Gasteiger partial charge in [0.1, 0.15) is 0 Å². The first kappa shape index (κ1) is 11.3. The molecule has 0 saturated carbocycles. The summed E-state index contributed by atoms with van der Waals surface area (Å²) in [5, 5.41) is 0. The topological polar surface area (TPSA) is 12.9 Å². The summed E-state index contributed by atoms with van der Waals surface area (Å²) in [5.74, 6) is 0. The standard InChI is InChI=1S/C14H14BrN/c1-9-4-5-12(7-13(9)15)14-6-10(2)11(3)8-16-14/h4-8H,1-3H3. The Bertz CT molecular complexity index is 483. The van der Waals surface area contributed by atoms with Crippen LogP contribution in [0.1, 0.15) is 16.7 Å². The molecule has 0 aliphatic carbocycles. The molecule has 16 heavy (non-hydrogen) atoms. The van der Waals surface area contributed by atoms with Crippen LogP contribution in [-0.2, 0) is 0 Å². The number of hydrogen-bond acceptors (Lipinski definition) is 1. The van der Waals surface area contributed by atoms with Crippen LogP contribution in [0.3, 0.4) is 0 Å². The summed E-state index contributed by atoms with van der Waals surface area (Å²) in [6, 6.07) is 8.46. The molecule has 1 aromatic carbocycles. The summed E-state index contributed by atoms with van der Waals surface area (Å²) in [6.07, 6.45) is 1.93. The minimum atomic E-state index is 1.03. The van der Waals surface area contributed by atoms with Crippen molar-refractivity contribution in [2.24, 2.45) is 0 Å². The van der Waals surface area contributed by atoms with Gasteiger partial charge in [-0.1, -0.05) is 28.1 Å². The highest BCUT2D eigenvalue weighted by molar-refractivity contribution is 9.10. The van der Waals surface area contributed by atoms with Gasteiger partial charge < -0.3 is 0 Å². The summed E-state index contributed by atoms with van der Waals surface area (Å²) in [4.78, 5) is 4.46. The molecule has 0 unspecified atom stereocenters. The number of hydrogen-bond donors (Lipinski definition) is 0. The molecule has 2 heteroatoms. The van der Waals surface area contributed by atoms with Crippen LogP contribution in [-0.4, -0.2) is 4.98 Å². The van der Waals surface area contributed by atoms with E-state index < -0.39 is 0 Å². The predicted molar refractivity (Wildman–Crippen MR) is 71.6 cm³/mol. The van der Waals surface area contributed by atoms with Crippen LogP contribution >= 0.6 is 15.9 Å². The average molecular weight is 276 g/mol. The number of pyridine rings is 1. The van der Waals surface area contributed by atoms with Crippen molar-refractivity contribution < 1.29 is 0 Å². The average Bonchev–Trinajstić information content (AvgIpc) is 2.26. The van der Waals surface area contributed by atoms with Crippen molar-refractivity contribution >= 4 is 15.9 Å². The van der Waals surface area contributed by atoms with Crippen molar-refractivity contribution in [3.63, 3.8) is 0 Å². The first-order chi connectivity index (χ1) is 7.58. The molecule has 0 aliphatic heterocycles. The third kappa shape index (κ3) is 2.17. The van der Waals surface area contributed by atoms with Gasteiger partial charge in [0.25, 0.3) is 0 Å². The fourth-order valence-electron chi connectivity index (χ4n) is 1.53. The maximum absolute atomic E-state index is 4.46. The van der Waals surface area contributed by atoms with Gasteiger partial charge >= 0.3 is 0 Å². The summed E-state index contributed by atoms with van der Waals surface area (Å²) >= 11 is 3.55. The van der Waals surface area contributed by atoms with Crippen LogP contribution in [0, 0.1) is 20.8 Å². The molecule has 0 saturated heterocycles. The number of aryl methyl sites for hydroxylation is 3. The Kier molecular flexibility index (Phi) is 3.10. The van der Waals surface area contributed by atoms with E-state index in [-0.39, 0.29) is 0 Å². The van der Waals surface area contributed by atoms with Gasteiger partial charge in [-0.25, -0.2) is 0 Å². The van der Waals surface area contributed by atoms with E-state index in [1.807, 2.05) is 6.20 Å². The van der Waals surface area contributed by atoms with Crippen molar-refractivity contribution in [1.82, 2.24) is 4.98 Å². The van der Waals surface area contributed by atoms with Gasteiger partial charge in [-0.05, 0) is 49.6 Å². The molecule has 0 fully saturated rings. The molecule has 0 amide bonds. The summed E-state index contributed by atoms with van der Waals surface area (Å²) in [5.41, 5.74) is 5.94. The highest BCUT2D eigenvalue weighted by Gasteiger charge is 2.03. The Morgan fingerprint density at radius 1 is 0.938 bits per heavy atom. The Labute approximate surface area is 105 Å². The van der Waals surface area contributed by atoms with E-state index in [1.165, 1.54) is 16.7 Å². The van der Waals surface area contributed by atoms with E-state index in [4.69, 9.17) is 0 Å². The molecule has 0 N–H and O–H groups in total. The zero-order chi connectivity index (χ0) is 11.7. The van der Waals surface area contributed by atoms with Crippen molar-refractivity contribution in [3.05, 3.63) is 51.6 Å². The van der Waals surface area contributed by atoms with E-state index in [9.17, 15) is 0 Å². The summed E-state index contributed by atoms with van der Waals surface area (Å²) in [6.45, 7) is 6.28. The molecular formula is C14H14BrN. The largest absolute Gasteiger partial charge is 0.256 e. The van der Waals surface area contributed by atoms with Crippen LogP contribution in [0.4, 0.5) is 0 Å². The Hall–Kier alpha value is -1.15. The lowest BCUT2D eigenvalue weighted by Gasteiger charge is -2.06. The highest BCUT2D eigenvalue weighted by Crippen LogP contribution is 2.25. The maximum Gasteiger partial charge on any atom is 0.0705 e. The summed E-state index contributed by atoms with van der Waals surface area (Å²) in [7, 11) is 0. The molecule has 1 heterocycles.